The number of para-hydroxylation sites is 1. The van der Waals surface area contributed by atoms with Crippen LogP contribution >= 0.6 is 23.1 Å². The molecular weight excluding hydrogens is 409 g/mol. The number of aromatic nitrogens is 4. The molecule has 150 valence electrons. The second-order valence-corrected chi connectivity index (χ2v) is 8.51. The smallest absolute Gasteiger partial charge is 0.230 e. The van der Waals surface area contributed by atoms with Crippen LogP contribution in [-0.2, 0) is 17.1 Å². The van der Waals surface area contributed by atoms with Crippen molar-refractivity contribution in [1.82, 2.24) is 19.7 Å². The molecule has 1 aromatic carbocycles. The minimum absolute atomic E-state index is 0.202. The molecule has 1 fully saturated rings. The molecule has 1 aliphatic carbocycles. The van der Waals surface area contributed by atoms with E-state index in [0.717, 1.165) is 29.5 Å². The van der Waals surface area contributed by atoms with E-state index in [1.807, 2.05) is 11.5 Å². The fourth-order valence-electron chi connectivity index (χ4n) is 3.00. The van der Waals surface area contributed by atoms with Gasteiger partial charge in [-0.15, -0.1) is 28.1 Å². The van der Waals surface area contributed by atoms with Crippen molar-refractivity contribution in [3.63, 3.8) is 0 Å². The second kappa shape index (κ2) is 8.46. The van der Waals surface area contributed by atoms with Gasteiger partial charge >= 0.3 is 0 Å². The Hall–Kier alpha value is -2.52. The van der Waals surface area contributed by atoms with Crippen molar-refractivity contribution < 1.29 is 9.18 Å². The number of thiazole rings is 1. The van der Waals surface area contributed by atoms with Gasteiger partial charge in [-0.2, -0.15) is 0 Å². The van der Waals surface area contributed by atoms with Gasteiger partial charge < -0.3 is 4.57 Å². The summed E-state index contributed by atoms with van der Waals surface area (Å²) in [5, 5.41) is 11.8. The molecule has 1 saturated carbocycles. The zero-order chi connectivity index (χ0) is 20.4. The Morgan fingerprint density at radius 3 is 2.90 bits per heavy atom. The maximum atomic E-state index is 14.2. The van der Waals surface area contributed by atoms with Crippen LogP contribution in [0.2, 0.25) is 0 Å². The molecule has 0 N–H and O–H groups in total. The maximum absolute atomic E-state index is 14.2. The van der Waals surface area contributed by atoms with Gasteiger partial charge in [0.15, 0.2) is 10.3 Å². The molecule has 9 heteroatoms. The number of rotatable bonds is 8. The molecule has 1 amide bonds. The number of anilines is 2. The Morgan fingerprint density at radius 2 is 2.21 bits per heavy atom. The van der Waals surface area contributed by atoms with Crippen molar-refractivity contribution >= 4 is 39.8 Å². The van der Waals surface area contributed by atoms with Gasteiger partial charge in [0, 0.05) is 30.5 Å². The highest BCUT2D eigenvalue weighted by Crippen LogP contribution is 2.40. The monoisotopic (exact) mass is 429 g/mol. The number of carbonyl (C=O) groups is 1. The Balaban J connectivity index is 1.52. The van der Waals surface area contributed by atoms with Crippen LogP contribution in [-0.4, -0.2) is 25.7 Å². The molecular formula is C20H20FN5OS2. The van der Waals surface area contributed by atoms with Crippen LogP contribution in [0.25, 0.3) is 0 Å². The van der Waals surface area contributed by atoms with Gasteiger partial charge in [0.25, 0.3) is 0 Å². The number of nitrogens with zero attached hydrogens (tertiary/aromatic N) is 5. The molecule has 29 heavy (non-hydrogen) atoms. The molecule has 0 atom stereocenters. The van der Waals surface area contributed by atoms with Crippen molar-refractivity contribution in [3.8, 4) is 0 Å². The summed E-state index contributed by atoms with van der Waals surface area (Å²) in [5.41, 5.74) is 1.01. The number of amides is 1. The van der Waals surface area contributed by atoms with Crippen molar-refractivity contribution in [2.45, 2.75) is 43.1 Å². The van der Waals surface area contributed by atoms with E-state index in [4.69, 9.17) is 0 Å². The van der Waals surface area contributed by atoms with Gasteiger partial charge in [0.1, 0.15) is 11.6 Å². The molecule has 0 aliphatic heterocycles. The Labute approximate surface area is 176 Å². The number of benzene rings is 1. The van der Waals surface area contributed by atoms with Gasteiger partial charge in [-0.25, -0.2) is 9.37 Å². The number of hydrogen-bond acceptors (Lipinski definition) is 6. The van der Waals surface area contributed by atoms with Crippen LogP contribution in [0.1, 0.15) is 37.2 Å². The summed E-state index contributed by atoms with van der Waals surface area (Å²) in [6, 6.07) is 6.20. The SMILES string of the molecule is C=CCn1c(SCc2csc(N(C(C)=O)c3ccccc3F)n2)nnc1C1CC1. The first-order valence-corrected chi connectivity index (χ1v) is 11.1. The number of thioether (sulfide) groups is 1. The average molecular weight is 430 g/mol. The molecule has 0 saturated heterocycles. The highest BCUT2D eigenvalue weighted by Gasteiger charge is 2.30. The van der Waals surface area contributed by atoms with E-state index >= 15 is 0 Å². The van der Waals surface area contributed by atoms with Crippen molar-refractivity contribution in [2.24, 2.45) is 0 Å². The third kappa shape index (κ3) is 4.25. The fraction of sp³-hybridized carbons (Fsp3) is 0.300. The molecule has 0 unspecified atom stereocenters. The zero-order valence-electron chi connectivity index (χ0n) is 15.9. The lowest BCUT2D eigenvalue weighted by molar-refractivity contribution is -0.115. The minimum Gasteiger partial charge on any atom is -0.302 e. The first-order valence-electron chi connectivity index (χ1n) is 9.25. The zero-order valence-corrected chi connectivity index (χ0v) is 17.5. The van der Waals surface area contributed by atoms with Crippen molar-refractivity contribution in [1.29, 1.82) is 0 Å². The summed E-state index contributed by atoms with van der Waals surface area (Å²) < 4.78 is 16.3. The first kappa shape index (κ1) is 19.8. The molecule has 6 nitrogen and oxygen atoms in total. The summed E-state index contributed by atoms with van der Waals surface area (Å²) in [5.74, 6) is 1.36. The highest BCUT2D eigenvalue weighted by atomic mass is 32.2. The first-order chi connectivity index (χ1) is 14.1. The normalized spacial score (nSPS) is 13.4. The molecule has 2 heterocycles. The largest absolute Gasteiger partial charge is 0.302 e. The number of hydrogen-bond donors (Lipinski definition) is 0. The fourth-order valence-corrected chi connectivity index (χ4v) is 4.83. The maximum Gasteiger partial charge on any atom is 0.230 e. The number of allylic oxidation sites excluding steroid dienone is 1. The molecule has 4 rings (SSSR count). The lowest BCUT2D eigenvalue weighted by Gasteiger charge is -2.18. The standard InChI is InChI=1S/C20H20FN5OS2/c1-3-10-25-18(14-8-9-14)23-24-20(25)29-12-15-11-28-19(22-15)26(13(2)27)17-7-5-4-6-16(17)21/h3-7,11,14H,1,8-10,12H2,2H3. The Morgan fingerprint density at radius 1 is 1.41 bits per heavy atom. The lowest BCUT2D eigenvalue weighted by atomic mass is 10.3. The van der Waals surface area contributed by atoms with Gasteiger partial charge in [-0.3, -0.25) is 9.69 Å². The van der Waals surface area contributed by atoms with E-state index in [1.54, 1.807) is 30.0 Å². The van der Waals surface area contributed by atoms with Crippen LogP contribution < -0.4 is 4.90 Å². The number of halogens is 1. The van der Waals surface area contributed by atoms with E-state index in [1.165, 1.54) is 29.2 Å². The number of carbonyl (C=O) groups excluding carboxylic acids is 1. The van der Waals surface area contributed by atoms with Crippen LogP contribution in [0, 0.1) is 5.82 Å². The van der Waals surface area contributed by atoms with E-state index in [-0.39, 0.29) is 11.6 Å². The molecule has 0 bridgehead atoms. The third-order valence-corrected chi connectivity index (χ3v) is 6.36. The summed E-state index contributed by atoms with van der Waals surface area (Å²) in [6.07, 6.45) is 4.16. The lowest BCUT2D eigenvalue weighted by Crippen LogP contribution is -2.23. The van der Waals surface area contributed by atoms with Crippen LogP contribution in [0.3, 0.4) is 0 Å². The van der Waals surface area contributed by atoms with Gasteiger partial charge in [-0.1, -0.05) is 30.0 Å². The second-order valence-electron chi connectivity index (χ2n) is 6.73. The van der Waals surface area contributed by atoms with E-state index in [0.29, 0.717) is 23.3 Å². The van der Waals surface area contributed by atoms with E-state index in [2.05, 4.69) is 26.3 Å². The highest BCUT2D eigenvalue weighted by molar-refractivity contribution is 7.98. The van der Waals surface area contributed by atoms with E-state index in [9.17, 15) is 9.18 Å². The van der Waals surface area contributed by atoms with E-state index < -0.39 is 5.82 Å². The summed E-state index contributed by atoms with van der Waals surface area (Å²) in [4.78, 5) is 18.0. The van der Waals surface area contributed by atoms with Gasteiger partial charge in [0.05, 0.1) is 11.4 Å². The molecule has 1 aliphatic rings. The van der Waals surface area contributed by atoms with Crippen LogP contribution in [0.15, 0.2) is 47.5 Å². The van der Waals surface area contributed by atoms with Crippen molar-refractivity contribution in [3.05, 3.63) is 59.6 Å². The third-order valence-electron chi connectivity index (χ3n) is 4.49. The topological polar surface area (TPSA) is 63.9 Å². The summed E-state index contributed by atoms with van der Waals surface area (Å²) in [7, 11) is 0. The predicted molar refractivity (Wildman–Crippen MR) is 113 cm³/mol. The Kier molecular flexibility index (Phi) is 5.77. The minimum atomic E-state index is -0.459. The van der Waals surface area contributed by atoms with Crippen LogP contribution in [0.5, 0.6) is 0 Å². The summed E-state index contributed by atoms with van der Waals surface area (Å²) in [6.45, 7) is 5.90. The molecule has 3 aromatic rings. The molecule has 2 aromatic heterocycles. The van der Waals surface area contributed by atoms with Crippen molar-refractivity contribution in [2.75, 3.05) is 4.90 Å². The predicted octanol–water partition coefficient (Wildman–Crippen LogP) is 4.91. The Bertz CT molecular complexity index is 1040. The molecule has 0 spiro atoms. The van der Waals surface area contributed by atoms with Gasteiger partial charge in [0.2, 0.25) is 5.91 Å². The van der Waals surface area contributed by atoms with Gasteiger partial charge in [-0.05, 0) is 25.0 Å². The summed E-state index contributed by atoms with van der Waals surface area (Å²) >= 11 is 2.86. The quantitative estimate of drug-likeness (QED) is 0.376. The average Bonchev–Trinajstić information content (AvgIpc) is 3.31. The van der Waals surface area contributed by atoms with Crippen LogP contribution in [0.4, 0.5) is 15.2 Å². The molecule has 0 radical (unpaired) electrons.